The second kappa shape index (κ2) is 6.47. The van der Waals surface area contributed by atoms with E-state index in [9.17, 15) is 4.39 Å². The SMILES string of the molecule is CC1=CC(C)(C)N(C)c2cc(F)c(C=Nc3cccc(Cl)c3Cl)cc21. The van der Waals surface area contributed by atoms with Crippen LogP contribution in [-0.4, -0.2) is 18.8 Å². The van der Waals surface area contributed by atoms with Crippen molar-refractivity contribution in [3.8, 4) is 0 Å². The molecule has 1 aliphatic heterocycles. The summed E-state index contributed by atoms with van der Waals surface area (Å²) in [6, 6.07) is 8.57. The van der Waals surface area contributed by atoms with Crippen LogP contribution in [0, 0.1) is 5.82 Å². The lowest BCUT2D eigenvalue weighted by Crippen LogP contribution is -2.42. The number of nitrogens with zero attached hydrogens (tertiary/aromatic N) is 2. The van der Waals surface area contributed by atoms with Gasteiger partial charge in [0.25, 0.3) is 0 Å². The summed E-state index contributed by atoms with van der Waals surface area (Å²) < 4.78 is 14.6. The number of hydrogen-bond acceptors (Lipinski definition) is 2. The molecule has 25 heavy (non-hydrogen) atoms. The van der Waals surface area contributed by atoms with Crippen molar-refractivity contribution in [1.29, 1.82) is 0 Å². The Balaban J connectivity index is 2.04. The first kappa shape index (κ1) is 18.0. The number of halogens is 3. The standard InChI is InChI=1S/C20H19Cl2FN2/c1-12-10-20(2,3)25(4)18-9-16(23)13(8-14(12)18)11-24-17-7-5-6-15(21)19(17)22/h5-11H,1-4H3. The average Bonchev–Trinajstić information content (AvgIpc) is 2.54. The number of likely N-dealkylation sites (N-methyl/N-ethyl adjacent to an activating group) is 1. The summed E-state index contributed by atoms with van der Waals surface area (Å²) in [6.07, 6.45) is 3.67. The maximum Gasteiger partial charge on any atom is 0.134 e. The highest BCUT2D eigenvalue weighted by molar-refractivity contribution is 6.43. The van der Waals surface area contributed by atoms with Gasteiger partial charge in [0.1, 0.15) is 5.82 Å². The van der Waals surface area contributed by atoms with Crippen molar-refractivity contribution in [2.45, 2.75) is 26.3 Å². The van der Waals surface area contributed by atoms with Crippen molar-refractivity contribution in [3.63, 3.8) is 0 Å². The Morgan fingerprint density at radius 1 is 1.20 bits per heavy atom. The van der Waals surface area contributed by atoms with Gasteiger partial charge in [-0.2, -0.15) is 0 Å². The molecule has 2 nitrogen and oxygen atoms in total. The van der Waals surface area contributed by atoms with Crippen molar-refractivity contribution in [2.24, 2.45) is 4.99 Å². The van der Waals surface area contributed by atoms with E-state index in [-0.39, 0.29) is 11.4 Å². The maximum absolute atomic E-state index is 14.6. The highest BCUT2D eigenvalue weighted by atomic mass is 35.5. The predicted molar refractivity (Wildman–Crippen MR) is 106 cm³/mol. The summed E-state index contributed by atoms with van der Waals surface area (Å²) in [5.74, 6) is -0.321. The topological polar surface area (TPSA) is 15.6 Å². The van der Waals surface area contributed by atoms with Crippen LogP contribution in [0.2, 0.25) is 10.0 Å². The van der Waals surface area contributed by atoms with Crippen LogP contribution in [0.25, 0.3) is 5.57 Å². The van der Waals surface area contributed by atoms with E-state index in [4.69, 9.17) is 23.2 Å². The molecule has 2 aromatic rings. The molecule has 0 fully saturated rings. The summed E-state index contributed by atoms with van der Waals surface area (Å²) in [4.78, 5) is 6.38. The summed E-state index contributed by atoms with van der Waals surface area (Å²) in [5.41, 5.74) is 3.76. The molecular weight excluding hydrogens is 358 g/mol. The van der Waals surface area contributed by atoms with Gasteiger partial charge in [-0.05, 0) is 50.6 Å². The van der Waals surface area contributed by atoms with E-state index in [1.54, 1.807) is 24.3 Å². The smallest absolute Gasteiger partial charge is 0.134 e. The predicted octanol–water partition coefficient (Wildman–Crippen LogP) is 6.51. The van der Waals surface area contributed by atoms with Gasteiger partial charge in [0.2, 0.25) is 0 Å². The minimum absolute atomic E-state index is 0.159. The van der Waals surface area contributed by atoms with Gasteiger partial charge >= 0.3 is 0 Å². The van der Waals surface area contributed by atoms with Gasteiger partial charge in [0, 0.05) is 30.1 Å². The Labute approximate surface area is 157 Å². The van der Waals surface area contributed by atoms with Crippen molar-refractivity contribution in [2.75, 3.05) is 11.9 Å². The van der Waals surface area contributed by atoms with E-state index < -0.39 is 0 Å². The van der Waals surface area contributed by atoms with Crippen LogP contribution in [0.1, 0.15) is 31.9 Å². The molecule has 0 saturated carbocycles. The number of anilines is 1. The van der Waals surface area contributed by atoms with Gasteiger partial charge in [0.05, 0.1) is 21.3 Å². The van der Waals surface area contributed by atoms with Crippen LogP contribution in [0.4, 0.5) is 15.8 Å². The fourth-order valence-electron chi connectivity index (χ4n) is 3.02. The van der Waals surface area contributed by atoms with Crippen LogP contribution in [-0.2, 0) is 0 Å². The Morgan fingerprint density at radius 3 is 2.64 bits per heavy atom. The molecule has 0 N–H and O–H groups in total. The molecule has 1 heterocycles. The molecule has 5 heteroatoms. The molecule has 0 spiro atoms. The molecule has 0 saturated heterocycles. The molecule has 1 aliphatic rings. The maximum atomic E-state index is 14.6. The normalized spacial score (nSPS) is 16.1. The van der Waals surface area contributed by atoms with Crippen LogP contribution in [0.15, 0.2) is 41.4 Å². The second-order valence-corrected chi connectivity index (χ2v) is 7.55. The van der Waals surface area contributed by atoms with Gasteiger partial charge in [-0.15, -0.1) is 0 Å². The highest BCUT2D eigenvalue weighted by Gasteiger charge is 2.29. The van der Waals surface area contributed by atoms with E-state index in [0.717, 1.165) is 16.8 Å². The Morgan fingerprint density at radius 2 is 1.92 bits per heavy atom. The van der Waals surface area contributed by atoms with Gasteiger partial charge < -0.3 is 4.90 Å². The van der Waals surface area contributed by atoms with Gasteiger partial charge in [-0.1, -0.05) is 35.3 Å². The summed E-state index contributed by atoms with van der Waals surface area (Å²) >= 11 is 12.1. The molecule has 0 atom stereocenters. The first-order valence-electron chi connectivity index (χ1n) is 7.96. The fourth-order valence-corrected chi connectivity index (χ4v) is 3.36. The minimum Gasteiger partial charge on any atom is -0.365 e. The monoisotopic (exact) mass is 376 g/mol. The zero-order valence-corrected chi connectivity index (χ0v) is 16.1. The van der Waals surface area contributed by atoms with Crippen molar-refractivity contribution in [1.82, 2.24) is 0 Å². The zero-order chi connectivity index (χ0) is 18.4. The van der Waals surface area contributed by atoms with Crippen LogP contribution in [0.5, 0.6) is 0 Å². The van der Waals surface area contributed by atoms with E-state index in [1.165, 1.54) is 6.21 Å². The van der Waals surface area contributed by atoms with Crippen LogP contribution >= 0.6 is 23.2 Å². The van der Waals surface area contributed by atoms with Gasteiger partial charge in [0.15, 0.2) is 0 Å². The lowest BCUT2D eigenvalue weighted by Gasteiger charge is -2.40. The Kier molecular flexibility index (Phi) is 4.65. The van der Waals surface area contributed by atoms with E-state index in [0.29, 0.717) is 21.3 Å². The number of benzene rings is 2. The molecule has 0 unspecified atom stereocenters. The van der Waals surface area contributed by atoms with Crippen molar-refractivity contribution in [3.05, 3.63) is 63.4 Å². The first-order chi connectivity index (χ1) is 11.7. The fraction of sp³-hybridized carbons (Fsp3) is 0.250. The number of allylic oxidation sites excluding steroid dienone is 1. The van der Waals surface area contributed by atoms with E-state index in [2.05, 4.69) is 29.8 Å². The zero-order valence-electron chi connectivity index (χ0n) is 14.6. The molecule has 130 valence electrons. The van der Waals surface area contributed by atoms with Gasteiger partial charge in [-0.3, -0.25) is 4.99 Å². The number of fused-ring (bicyclic) bond motifs is 1. The number of rotatable bonds is 2. The largest absolute Gasteiger partial charge is 0.365 e. The second-order valence-electron chi connectivity index (χ2n) is 6.76. The van der Waals surface area contributed by atoms with Gasteiger partial charge in [-0.25, -0.2) is 4.39 Å². The lowest BCUT2D eigenvalue weighted by molar-refractivity contribution is 0.589. The summed E-state index contributed by atoms with van der Waals surface area (Å²) in [6.45, 7) is 6.25. The Hall–Kier alpha value is -1.84. The number of aliphatic imine (C=N–C) groups is 1. The van der Waals surface area contributed by atoms with Crippen molar-refractivity contribution < 1.29 is 4.39 Å². The lowest BCUT2D eigenvalue weighted by atomic mass is 9.88. The molecule has 0 aliphatic carbocycles. The summed E-state index contributed by atoms with van der Waals surface area (Å²) in [5, 5.41) is 0.779. The van der Waals surface area contributed by atoms with Crippen LogP contribution < -0.4 is 4.90 Å². The highest BCUT2D eigenvalue weighted by Crippen LogP contribution is 2.39. The third-order valence-corrected chi connectivity index (χ3v) is 5.42. The van der Waals surface area contributed by atoms with Crippen LogP contribution in [0.3, 0.4) is 0 Å². The number of hydrogen-bond donors (Lipinski definition) is 0. The quantitative estimate of drug-likeness (QED) is 0.545. The first-order valence-corrected chi connectivity index (χ1v) is 8.71. The third kappa shape index (κ3) is 3.31. The average molecular weight is 377 g/mol. The molecular formula is C20H19Cl2FN2. The molecule has 0 radical (unpaired) electrons. The summed E-state index contributed by atoms with van der Waals surface area (Å²) in [7, 11) is 1.97. The molecule has 0 aromatic heterocycles. The molecule has 0 bridgehead atoms. The molecule has 2 aromatic carbocycles. The van der Waals surface area contributed by atoms with E-state index >= 15 is 0 Å². The minimum atomic E-state index is -0.321. The third-order valence-electron chi connectivity index (χ3n) is 4.61. The van der Waals surface area contributed by atoms with Crippen molar-refractivity contribution >= 4 is 46.4 Å². The molecule has 0 amide bonds. The molecule has 3 rings (SSSR count). The van der Waals surface area contributed by atoms with E-state index in [1.807, 2.05) is 20.0 Å². The Bertz CT molecular complexity index is 901.